The molecule has 0 aliphatic carbocycles. The van der Waals surface area contributed by atoms with E-state index in [1.165, 1.54) is 11.2 Å². The Morgan fingerprint density at radius 3 is 2.68 bits per heavy atom. The number of nitrogens with zero attached hydrogens (tertiary/aromatic N) is 4. The van der Waals surface area contributed by atoms with Crippen LogP contribution in [0.4, 0.5) is 0 Å². The highest BCUT2D eigenvalue weighted by Gasteiger charge is 2.33. The van der Waals surface area contributed by atoms with E-state index in [4.69, 9.17) is 4.74 Å². The molecule has 1 aliphatic heterocycles. The first-order chi connectivity index (χ1) is 9.09. The van der Waals surface area contributed by atoms with Gasteiger partial charge in [0, 0.05) is 20.1 Å². The van der Waals surface area contributed by atoms with E-state index in [0.29, 0.717) is 31.5 Å². The monoisotopic (exact) mass is 286 g/mol. The third-order valence-electron chi connectivity index (χ3n) is 2.66. The molecule has 0 saturated carbocycles. The van der Waals surface area contributed by atoms with E-state index >= 15 is 0 Å². The average molecular weight is 286 g/mol. The highest BCUT2D eigenvalue weighted by Crippen LogP contribution is 2.22. The summed E-state index contributed by atoms with van der Waals surface area (Å²) in [5.41, 5.74) is 0. The Morgan fingerprint density at radius 1 is 1.47 bits per heavy atom. The lowest BCUT2D eigenvalue weighted by Crippen LogP contribution is -2.47. The molecule has 1 unspecified atom stereocenters. The van der Waals surface area contributed by atoms with Crippen molar-refractivity contribution in [2.45, 2.75) is 10.4 Å². The molecule has 104 valence electrons. The molecule has 8 nitrogen and oxygen atoms in total. The number of hydrogen-bond donors (Lipinski definition) is 1. The molecule has 0 radical (unpaired) electrons. The maximum Gasteiger partial charge on any atom is 0.326 e. The van der Waals surface area contributed by atoms with Crippen LogP contribution in [0.5, 0.6) is 0 Å². The standard InChI is InChI=1S/C10H14N4O4S/c1-13-6-11-12-10(13)19-7(9(16)17)8(15)14-2-4-18-5-3-14/h6-7H,2-5H2,1H3,(H,16,17). The number of aryl methyl sites for hydroxylation is 1. The van der Waals surface area contributed by atoms with E-state index in [9.17, 15) is 14.7 Å². The van der Waals surface area contributed by atoms with Gasteiger partial charge in [0.25, 0.3) is 0 Å². The average Bonchev–Trinajstić information content (AvgIpc) is 2.81. The van der Waals surface area contributed by atoms with Crippen molar-refractivity contribution in [1.29, 1.82) is 0 Å². The fraction of sp³-hybridized carbons (Fsp3) is 0.600. The topological polar surface area (TPSA) is 97.6 Å². The number of aromatic nitrogens is 3. The van der Waals surface area contributed by atoms with Crippen LogP contribution in [0, 0.1) is 0 Å². The van der Waals surface area contributed by atoms with Gasteiger partial charge in [-0.25, -0.2) is 0 Å². The number of carboxylic acids is 1. The van der Waals surface area contributed by atoms with Crippen LogP contribution in [0.3, 0.4) is 0 Å². The Bertz CT molecular complexity index is 472. The van der Waals surface area contributed by atoms with Gasteiger partial charge in [0.15, 0.2) is 10.4 Å². The third-order valence-corrected chi connectivity index (χ3v) is 3.88. The number of rotatable bonds is 4. The van der Waals surface area contributed by atoms with Crippen molar-refractivity contribution in [2.24, 2.45) is 7.05 Å². The van der Waals surface area contributed by atoms with Crippen molar-refractivity contribution in [2.75, 3.05) is 26.3 Å². The van der Waals surface area contributed by atoms with Crippen LogP contribution in [0.1, 0.15) is 0 Å². The third kappa shape index (κ3) is 3.24. The van der Waals surface area contributed by atoms with Crippen LogP contribution in [0.15, 0.2) is 11.5 Å². The number of carbonyl (C=O) groups is 2. The fourth-order valence-electron chi connectivity index (χ4n) is 1.64. The first kappa shape index (κ1) is 13.8. The Kier molecular flexibility index (Phi) is 4.38. The Morgan fingerprint density at radius 2 is 2.16 bits per heavy atom. The van der Waals surface area contributed by atoms with Gasteiger partial charge in [-0.1, -0.05) is 11.8 Å². The van der Waals surface area contributed by atoms with Crippen molar-refractivity contribution < 1.29 is 19.4 Å². The number of carbonyl (C=O) groups excluding carboxylic acids is 1. The van der Waals surface area contributed by atoms with E-state index < -0.39 is 17.1 Å². The number of thioether (sulfide) groups is 1. The van der Waals surface area contributed by atoms with Crippen molar-refractivity contribution in [3.05, 3.63) is 6.33 Å². The number of amides is 1. The molecule has 0 aromatic carbocycles. The van der Waals surface area contributed by atoms with Gasteiger partial charge in [-0.2, -0.15) is 0 Å². The second kappa shape index (κ2) is 6.02. The van der Waals surface area contributed by atoms with Gasteiger partial charge in [-0.15, -0.1) is 10.2 Å². The van der Waals surface area contributed by atoms with Crippen LogP contribution in [0.2, 0.25) is 0 Å². The minimum Gasteiger partial charge on any atom is -0.480 e. The number of carboxylic acid groups (broad SMARTS) is 1. The van der Waals surface area contributed by atoms with Crippen molar-refractivity contribution in [3.63, 3.8) is 0 Å². The highest BCUT2D eigenvalue weighted by molar-refractivity contribution is 8.01. The molecular formula is C10H14N4O4S. The van der Waals surface area contributed by atoms with Crippen molar-refractivity contribution in [1.82, 2.24) is 19.7 Å². The lowest BCUT2D eigenvalue weighted by atomic mass is 10.3. The zero-order valence-electron chi connectivity index (χ0n) is 10.4. The molecule has 1 fully saturated rings. The van der Waals surface area contributed by atoms with Crippen molar-refractivity contribution in [3.8, 4) is 0 Å². The van der Waals surface area contributed by atoms with Gasteiger partial charge in [0.1, 0.15) is 6.33 Å². The molecule has 1 N–H and O–H groups in total. The number of morpholine rings is 1. The summed E-state index contributed by atoms with van der Waals surface area (Å²) in [5.74, 6) is -1.60. The summed E-state index contributed by atoms with van der Waals surface area (Å²) >= 11 is 0.890. The summed E-state index contributed by atoms with van der Waals surface area (Å²) < 4.78 is 6.72. The maximum absolute atomic E-state index is 12.2. The van der Waals surface area contributed by atoms with E-state index in [1.54, 1.807) is 11.6 Å². The molecule has 9 heteroatoms. The van der Waals surface area contributed by atoms with Crippen LogP contribution < -0.4 is 0 Å². The van der Waals surface area contributed by atoms with E-state index in [0.717, 1.165) is 11.8 Å². The quantitative estimate of drug-likeness (QED) is 0.572. The highest BCUT2D eigenvalue weighted by atomic mass is 32.2. The first-order valence-corrected chi connectivity index (χ1v) is 6.57. The normalized spacial score (nSPS) is 17.2. The first-order valence-electron chi connectivity index (χ1n) is 5.69. The SMILES string of the molecule is Cn1cnnc1SC(C(=O)O)C(=O)N1CCOCC1. The molecule has 1 saturated heterocycles. The summed E-state index contributed by atoms with van der Waals surface area (Å²) in [6.07, 6.45) is 1.46. The van der Waals surface area contributed by atoms with Gasteiger partial charge in [0.05, 0.1) is 13.2 Å². The molecule has 1 aliphatic rings. The van der Waals surface area contributed by atoms with Gasteiger partial charge < -0.3 is 19.3 Å². The van der Waals surface area contributed by atoms with E-state index in [1.807, 2.05) is 0 Å². The summed E-state index contributed by atoms with van der Waals surface area (Å²) in [4.78, 5) is 25.0. The Balaban J connectivity index is 2.09. The van der Waals surface area contributed by atoms with Gasteiger partial charge in [0.2, 0.25) is 5.91 Å². The Hall–Kier alpha value is -1.61. The number of aliphatic carboxylic acids is 1. The van der Waals surface area contributed by atoms with Crippen LogP contribution in [-0.4, -0.2) is 68.2 Å². The lowest BCUT2D eigenvalue weighted by Gasteiger charge is -2.28. The second-order valence-corrected chi connectivity index (χ2v) is 5.07. The van der Waals surface area contributed by atoms with Crippen LogP contribution in [-0.2, 0) is 21.4 Å². The lowest BCUT2D eigenvalue weighted by molar-refractivity contribution is -0.145. The summed E-state index contributed by atoms with van der Waals surface area (Å²) in [6.45, 7) is 1.71. The molecule has 2 heterocycles. The van der Waals surface area contributed by atoms with E-state index in [2.05, 4.69) is 10.2 Å². The predicted molar refractivity (Wildman–Crippen MR) is 65.7 cm³/mol. The molecular weight excluding hydrogens is 272 g/mol. The smallest absolute Gasteiger partial charge is 0.326 e. The fourth-order valence-corrected chi connectivity index (χ4v) is 2.51. The molecule has 1 atom stereocenters. The van der Waals surface area contributed by atoms with E-state index in [-0.39, 0.29) is 0 Å². The largest absolute Gasteiger partial charge is 0.480 e. The molecule has 1 amide bonds. The zero-order valence-corrected chi connectivity index (χ0v) is 11.2. The predicted octanol–water partition coefficient (Wildman–Crippen LogP) is -0.781. The molecule has 1 aromatic heterocycles. The van der Waals surface area contributed by atoms with Gasteiger partial charge in [-0.05, 0) is 0 Å². The maximum atomic E-state index is 12.2. The minimum atomic E-state index is -1.21. The second-order valence-electron chi connectivity index (χ2n) is 4.00. The molecule has 19 heavy (non-hydrogen) atoms. The van der Waals surface area contributed by atoms with Gasteiger partial charge in [-0.3, -0.25) is 9.59 Å². The minimum absolute atomic E-state index is 0.397. The van der Waals surface area contributed by atoms with Crippen LogP contribution in [0.25, 0.3) is 0 Å². The summed E-state index contributed by atoms with van der Waals surface area (Å²) in [5, 5.41) is 15.8. The summed E-state index contributed by atoms with van der Waals surface area (Å²) in [7, 11) is 1.69. The number of ether oxygens (including phenoxy) is 1. The molecule has 1 aromatic rings. The Labute approximate surface area is 113 Å². The zero-order chi connectivity index (χ0) is 13.8. The molecule has 0 bridgehead atoms. The molecule has 0 spiro atoms. The van der Waals surface area contributed by atoms with Crippen molar-refractivity contribution >= 4 is 23.6 Å². The van der Waals surface area contributed by atoms with Gasteiger partial charge >= 0.3 is 5.97 Å². The summed E-state index contributed by atoms with van der Waals surface area (Å²) in [6, 6.07) is 0. The molecule has 2 rings (SSSR count). The van der Waals surface area contributed by atoms with Crippen LogP contribution >= 0.6 is 11.8 Å². The number of hydrogen-bond acceptors (Lipinski definition) is 6.